The van der Waals surface area contributed by atoms with E-state index in [-0.39, 0.29) is 4.90 Å². The Hall–Kier alpha value is -1.92. The molecular weight excluding hydrogens is 353 g/mol. The first kappa shape index (κ1) is 18.4. The molecule has 0 aliphatic carbocycles. The summed E-state index contributed by atoms with van der Waals surface area (Å²) in [5.74, 6) is -0.548. The summed E-state index contributed by atoms with van der Waals surface area (Å²) in [5, 5.41) is -0.806. The maximum Gasteiger partial charge on any atom is 0.265 e. The molecule has 0 heterocycles. The highest BCUT2D eigenvalue weighted by atomic mass is 35.5. The van der Waals surface area contributed by atoms with Gasteiger partial charge in [-0.05, 0) is 79.9 Å². The largest absolute Gasteiger partial charge is 0.279 e. The average molecular weight is 370 g/mol. The molecule has 0 amide bonds. The number of hydrogen-bond acceptors (Lipinski definition) is 3. The van der Waals surface area contributed by atoms with E-state index in [2.05, 4.69) is 0 Å². The van der Waals surface area contributed by atoms with Gasteiger partial charge in [0.25, 0.3) is 10.0 Å². The molecule has 4 nitrogen and oxygen atoms in total. The first-order valence-electron chi connectivity index (χ1n) is 7.20. The molecule has 1 atom stereocenters. The Morgan fingerprint density at radius 1 is 1.08 bits per heavy atom. The quantitative estimate of drug-likeness (QED) is 0.753. The summed E-state index contributed by atoms with van der Waals surface area (Å²) in [6.07, 6.45) is 0. The van der Waals surface area contributed by atoms with E-state index in [1.165, 1.54) is 6.92 Å². The zero-order valence-electron chi connectivity index (χ0n) is 13.5. The molecule has 2 rings (SSSR count). The second-order valence-electron chi connectivity index (χ2n) is 5.58. The van der Waals surface area contributed by atoms with Crippen LogP contribution < -0.4 is 4.31 Å². The summed E-state index contributed by atoms with van der Waals surface area (Å²) in [6, 6.07) is 8.52. The monoisotopic (exact) mass is 369 g/mol. The minimum atomic E-state index is -4.09. The van der Waals surface area contributed by atoms with Crippen molar-refractivity contribution < 1.29 is 17.6 Å². The number of carbonyl (C=O) groups excluding carboxylic acids is 1. The SMILES string of the molecule is Cc1cc(C)cc(N(C(C)C(=O)Cl)S(=O)(=O)c2ccc(F)cc2)c1. The average Bonchev–Trinajstić information content (AvgIpc) is 2.46. The lowest BCUT2D eigenvalue weighted by Crippen LogP contribution is -2.42. The number of nitrogens with zero attached hydrogens (tertiary/aromatic N) is 1. The van der Waals surface area contributed by atoms with Gasteiger partial charge in [0.05, 0.1) is 10.6 Å². The van der Waals surface area contributed by atoms with Crippen LogP contribution in [0, 0.1) is 19.7 Å². The standard InChI is InChI=1S/C17H17ClFNO3S/c1-11-8-12(2)10-15(9-11)20(13(3)17(18)21)24(22,23)16-6-4-14(19)5-7-16/h4-10,13H,1-3H3. The first-order valence-corrected chi connectivity index (χ1v) is 9.02. The molecule has 0 aliphatic heterocycles. The minimum Gasteiger partial charge on any atom is -0.279 e. The molecule has 0 aliphatic rings. The molecule has 2 aromatic rings. The van der Waals surface area contributed by atoms with Crippen molar-refractivity contribution in [3.63, 3.8) is 0 Å². The summed E-state index contributed by atoms with van der Waals surface area (Å²) < 4.78 is 40.1. The number of rotatable bonds is 5. The van der Waals surface area contributed by atoms with E-state index in [1.54, 1.807) is 12.1 Å². The van der Waals surface area contributed by atoms with Crippen LogP contribution in [0.3, 0.4) is 0 Å². The number of hydrogen-bond donors (Lipinski definition) is 0. The predicted octanol–water partition coefficient (Wildman–Crippen LogP) is 3.79. The van der Waals surface area contributed by atoms with E-state index < -0.39 is 27.1 Å². The Morgan fingerprint density at radius 2 is 1.58 bits per heavy atom. The van der Waals surface area contributed by atoms with Crippen molar-refractivity contribution >= 4 is 32.6 Å². The van der Waals surface area contributed by atoms with Gasteiger partial charge in [0.1, 0.15) is 11.9 Å². The number of halogens is 2. The van der Waals surface area contributed by atoms with Crippen LogP contribution in [0.15, 0.2) is 47.4 Å². The van der Waals surface area contributed by atoms with Gasteiger partial charge >= 0.3 is 0 Å². The van der Waals surface area contributed by atoms with Crippen LogP contribution in [-0.4, -0.2) is 19.7 Å². The molecule has 0 radical (unpaired) electrons. The van der Waals surface area contributed by atoms with Crippen molar-refractivity contribution in [3.8, 4) is 0 Å². The molecule has 128 valence electrons. The zero-order chi connectivity index (χ0) is 18.1. The third-order valence-electron chi connectivity index (χ3n) is 3.51. The number of carbonyl (C=O) groups is 1. The van der Waals surface area contributed by atoms with Crippen LogP contribution in [-0.2, 0) is 14.8 Å². The van der Waals surface area contributed by atoms with Crippen LogP contribution in [0.1, 0.15) is 18.1 Å². The van der Waals surface area contributed by atoms with Gasteiger partial charge < -0.3 is 0 Å². The fourth-order valence-electron chi connectivity index (χ4n) is 2.46. The zero-order valence-corrected chi connectivity index (χ0v) is 15.0. The molecule has 7 heteroatoms. The highest BCUT2D eigenvalue weighted by molar-refractivity contribution is 7.93. The van der Waals surface area contributed by atoms with Gasteiger partial charge in [-0.3, -0.25) is 9.10 Å². The Labute approximate surface area is 145 Å². The Bertz CT molecular complexity index is 846. The topological polar surface area (TPSA) is 54.5 Å². The second kappa shape index (κ2) is 6.91. The summed E-state index contributed by atoms with van der Waals surface area (Å²) in [7, 11) is -4.09. The Morgan fingerprint density at radius 3 is 2.04 bits per heavy atom. The van der Waals surface area contributed by atoms with Crippen molar-refractivity contribution in [1.82, 2.24) is 0 Å². The lowest BCUT2D eigenvalue weighted by atomic mass is 10.1. The predicted molar refractivity (Wildman–Crippen MR) is 92.3 cm³/mol. The number of anilines is 1. The van der Waals surface area contributed by atoms with Gasteiger partial charge in [0, 0.05) is 0 Å². The van der Waals surface area contributed by atoms with E-state index in [0.29, 0.717) is 5.69 Å². The molecule has 0 saturated carbocycles. The van der Waals surface area contributed by atoms with Crippen LogP contribution in [0.25, 0.3) is 0 Å². The van der Waals surface area contributed by atoms with Crippen LogP contribution in [0.5, 0.6) is 0 Å². The molecule has 2 aromatic carbocycles. The molecule has 0 saturated heterocycles. The van der Waals surface area contributed by atoms with Gasteiger partial charge in [0.15, 0.2) is 0 Å². The van der Waals surface area contributed by atoms with Crippen molar-refractivity contribution in [2.75, 3.05) is 4.31 Å². The van der Waals surface area contributed by atoms with Crippen molar-refractivity contribution in [2.24, 2.45) is 0 Å². The smallest absolute Gasteiger partial charge is 0.265 e. The van der Waals surface area contributed by atoms with E-state index in [9.17, 15) is 17.6 Å². The molecule has 0 N–H and O–H groups in total. The van der Waals surface area contributed by atoms with Crippen LogP contribution >= 0.6 is 11.6 Å². The molecule has 0 fully saturated rings. The summed E-state index contributed by atoms with van der Waals surface area (Å²) >= 11 is 5.57. The van der Waals surface area contributed by atoms with Gasteiger partial charge in [-0.25, -0.2) is 12.8 Å². The van der Waals surface area contributed by atoms with Gasteiger partial charge in [-0.15, -0.1) is 0 Å². The van der Waals surface area contributed by atoms with Crippen molar-refractivity contribution in [2.45, 2.75) is 31.7 Å². The maximum absolute atomic E-state index is 13.1. The van der Waals surface area contributed by atoms with E-state index in [4.69, 9.17) is 11.6 Å². The summed E-state index contributed by atoms with van der Waals surface area (Å²) in [4.78, 5) is 11.5. The third kappa shape index (κ3) is 3.76. The van der Waals surface area contributed by atoms with Crippen molar-refractivity contribution in [3.05, 3.63) is 59.4 Å². The van der Waals surface area contributed by atoms with E-state index in [1.807, 2.05) is 19.9 Å². The number of aryl methyl sites for hydroxylation is 2. The van der Waals surface area contributed by atoms with Gasteiger partial charge in [-0.1, -0.05) is 6.07 Å². The number of sulfonamides is 1. The maximum atomic E-state index is 13.1. The first-order chi connectivity index (χ1) is 11.1. The normalized spacial score (nSPS) is 12.7. The molecule has 1 unspecified atom stereocenters. The van der Waals surface area contributed by atoms with E-state index in [0.717, 1.165) is 39.7 Å². The Balaban J connectivity index is 2.66. The fraction of sp³-hybridized carbons (Fsp3) is 0.235. The Kier molecular flexibility index (Phi) is 5.30. The van der Waals surface area contributed by atoms with Gasteiger partial charge in [0.2, 0.25) is 5.24 Å². The lowest BCUT2D eigenvalue weighted by Gasteiger charge is -2.29. The lowest BCUT2D eigenvalue weighted by molar-refractivity contribution is -0.112. The fourth-order valence-corrected chi connectivity index (χ4v) is 4.22. The highest BCUT2D eigenvalue weighted by Crippen LogP contribution is 2.29. The van der Waals surface area contributed by atoms with Crippen LogP contribution in [0.2, 0.25) is 0 Å². The summed E-state index contributed by atoms with van der Waals surface area (Å²) in [6.45, 7) is 5.06. The summed E-state index contributed by atoms with van der Waals surface area (Å²) in [5.41, 5.74) is 2.02. The molecule has 0 bridgehead atoms. The highest BCUT2D eigenvalue weighted by Gasteiger charge is 2.33. The van der Waals surface area contributed by atoms with Crippen LogP contribution in [0.4, 0.5) is 10.1 Å². The minimum absolute atomic E-state index is 0.118. The van der Waals surface area contributed by atoms with Crippen molar-refractivity contribution in [1.29, 1.82) is 0 Å². The molecule has 0 spiro atoms. The molecule has 0 aromatic heterocycles. The van der Waals surface area contributed by atoms with Gasteiger partial charge in [-0.2, -0.15) is 0 Å². The number of benzene rings is 2. The van der Waals surface area contributed by atoms with E-state index >= 15 is 0 Å². The third-order valence-corrected chi connectivity index (χ3v) is 5.74. The molecule has 24 heavy (non-hydrogen) atoms. The molecular formula is C17H17ClFNO3S. The second-order valence-corrected chi connectivity index (χ2v) is 7.77.